The van der Waals surface area contributed by atoms with E-state index in [0.29, 0.717) is 5.92 Å². The first-order valence-electron chi connectivity index (χ1n) is 7.42. The van der Waals surface area contributed by atoms with Crippen LogP contribution in [0.5, 0.6) is 0 Å². The minimum Gasteiger partial charge on any atom is -0.314 e. The third-order valence-corrected chi connectivity index (χ3v) is 4.53. The Morgan fingerprint density at radius 2 is 2.11 bits per heavy atom. The predicted molar refractivity (Wildman–Crippen MR) is 71.6 cm³/mol. The normalized spacial score (nSPS) is 29.2. The number of piperidine rings is 1. The number of likely N-dealkylation sites (tertiary alicyclic amines) is 1. The Morgan fingerprint density at radius 1 is 1.22 bits per heavy atom. The van der Waals surface area contributed by atoms with Crippen molar-refractivity contribution >= 4 is 0 Å². The van der Waals surface area contributed by atoms with Gasteiger partial charge in [0.25, 0.3) is 0 Å². The monoisotopic (exact) mass is 248 g/mol. The van der Waals surface area contributed by atoms with Crippen molar-refractivity contribution in [2.75, 3.05) is 19.6 Å². The number of hydrogen-bond acceptors (Lipinski definition) is 3. The van der Waals surface area contributed by atoms with Gasteiger partial charge in [-0.05, 0) is 38.3 Å². The van der Waals surface area contributed by atoms with E-state index in [1.807, 2.05) is 0 Å². The lowest BCUT2D eigenvalue weighted by atomic mass is 9.95. The second kappa shape index (κ2) is 5.00. The van der Waals surface area contributed by atoms with Gasteiger partial charge in [0.2, 0.25) is 0 Å². The number of likely N-dealkylation sites (N-methyl/N-ethyl adjacent to an activating group) is 1. The molecule has 0 aliphatic carbocycles. The maximum absolute atomic E-state index is 4.51. The molecule has 2 unspecified atom stereocenters. The predicted octanol–water partition coefficient (Wildman–Crippen LogP) is 2.06. The molecule has 1 saturated heterocycles. The molecule has 3 rings (SSSR count). The molecule has 0 N–H and O–H groups in total. The summed E-state index contributed by atoms with van der Waals surface area (Å²) in [7, 11) is 0. The lowest BCUT2D eigenvalue weighted by molar-refractivity contribution is 0.209. The van der Waals surface area contributed by atoms with E-state index in [2.05, 4.69) is 33.5 Å². The van der Waals surface area contributed by atoms with E-state index in [1.54, 1.807) is 0 Å². The van der Waals surface area contributed by atoms with Crippen LogP contribution < -0.4 is 0 Å². The molecule has 100 valence electrons. The molecule has 1 aromatic rings. The average Bonchev–Trinajstić information content (AvgIpc) is 2.81. The van der Waals surface area contributed by atoms with E-state index in [-0.39, 0.29) is 0 Å². The van der Waals surface area contributed by atoms with Crippen LogP contribution in [0.1, 0.15) is 50.7 Å². The van der Waals surface area contributed by atoms with Crippen molar-refractivity contribution in [2.45, 2.75) is 52.0 Å². The van der Waals surface area contributed by atoms with Crippen molar-refractivity contribution in [3.05, 3.63) is 11.6 Å². The van der Waals surface area contributed by atoms with Crippen LogP contribution in [0.2, 0.25) is 0 Å². The minimum atomic E-state index is 0.602. The Labute approximate surface area is 109 Å². The van der Waals surface area contributed by atoms with Gasteiger partial charge in [-0.2, -0.15) is 0 Å². The first kappa shape index (κ1) is 12.2. The number of nitrogens with zero attached hydrogens (tertiary/aromatic N) is 4. The highest BCUT2D eigenvalue weighted by Crippen LogP contribution is 2.29. The van der Waals surface area contributed by atoms with Crippen LogP contribution in [0, 0.1) is 5.92 Å². The first-order valence-corrected chi connectivity index (χ1v) is 7.42. The quantitative estimate of drug-likeness (QED) is 0.803. The third kappa shape index (κ3) is 2.18. The van der Waals surface area contributed by atoms with Gasteiger partial charge in [-0.1, -0.05) is 13.8 Å². The molecule has 4 heteroatoms. The number of fused-ring (bicyclic) bond motifs is 1. The summed E-state index contributed by atoms with van der Waals surface area (Å²) in [6.07, 6.45) is 4.96. The maximum atomic E-state index is 4.51. The Bertz CT molecular complexity index is 412. The van der Waals surface area contributed by atoms with E-state index < -0.39 is 0 Å². The summed E-state index contributed by atoms with van der Waals surface area (Å²) in [5.41, 5.74) is 0. The smallest absolute Gasteiger partial charge is 0.137 e. The zero-order valence-electron chi connectivity index (χ0n) is 11.6. The van der Waals surface area contributed by atoms with Crippen molar-refractivity contribution in [1.82, 2.24) is 19.7 Å². The number of aryl methyl sites for hydroxylation is 1. The SMILES string of the molecule is CCN1CCCC(c2nnc3n2CC(C)CC3)C1. The van der Waals surface area contributed by atoms with Gasteiger partial charge in [0.05, 0.1) is 0 Å². The average molecular weight is 248 g/mol. The van der Waals surface area contributed by atoms with Gasteiger partial charge in [-0.15, -0.1) is 10.2 Å². The maximum Gasteiger partial charge on any atom is 0.137 e. The largest absolute Gasteiger partial charge is 0.314 e. The topological polar surface area (TPSA) is 34.0 Å². The van der Waals surface area contributed by atoms with Gasteiger partial charge in [0.15, 0.2) is 0 Å². The summed E-state index contributed by atoms with van der Waals surface area (Å²) in [5, 5.41) is 8.92. The van der Waals surface area contributed by atoms with Crippen LogP contribution in [0.15, 0.2) is 0 Å². The highest BCUT2D eigenvalue weighted by Gasteiger charge is 2.28. The van der Waals surface area contributed by atoms with Crippen molar-refractivity contribution in [1.29, 1.82) is 0 Å². The molecule has 0 bridgehead atoms. The van der Waals surface area contributed by atoms with E-state index in [1.165, 1.54) is 44.0 Å². The van der Waals surface area contributed by atoms with Crippen LogP contribution in [0.3, 0.4) is 0 Å². The number of rotatable bonds is 2. The van der Waals surface area contributed by atoms with Gasteiger partial charge in [0.1, 0.15) is 11.6 Å². The molecular weight excluding hydrogens is 224 g/mol. The zero-order valence-corrected chi connectivity index (χ0v) is 11.6. The Hall–Kier alpha value is -0.900. The molecule has 0 spiro atoms. The van der Waals surface area contributed by atoms with Crippen LogP contribution in [0.4, 0.5) is 0 Å². The van der Waals surface area contributed by atoms with Gasteiger partial charge >= 0.3 is 0 Å². The first-order chi connectivity index (χ1) is 8.78. The molecule has 1 aromatic heterocycles. The van der Waals surface area contributed by atoms with Crippen molar-refractivity contribution in [3.8, 4) is 0 Å². The van der Waals surface area contributed by atoms with Gasteiger partial charge in [-0.25, -0.2) is 0 Å². The van der Waals surface area contributed by atoms with E-state index in [0.717, 1.165) is 25.4 Å². The second-order valence-corrected chi connectivity index (χ2v) is 5.96. The molecule has 18 heavy (non-hydrogen) atoms. The summed E-state index contributed by atoms with van der Waals surface area (Å²) in [5.74, 6) is 3.86. The fraction of sp³-hybridized carbons (Fsp3) is 0.857. The van der Waals surface area contributed by atoms with Gasteiger partial charge in [-0.3, -0.25) is 0 Å². The lowest BCUT2D eigenvalue weighted by Crippen LogP contribution is -2.35. The fourth-order valence-electron chi connectivity index (χ4n) is 3.37. The molecule has 2 aliphatic heterocycles. The summed E-state index contributed by atoms with van der Waals surface area (Å²) in [6, 6.07) is 0. The van der Waals surface area contributed by atoms with Crippen LogP contribution in [-0.2, 0) is 13.0 Å². The molecular formula is C14H24N4. The van der Waals surface area contributed by atoms with E-state index >= 15 is 0 Å². The van der Waals surface area contributed by atoms with Crippen molar-refractivity contribution in [3.63, 3.8) is 0 Å². The number of aromatic nitrogens is 3. The van der Waals surface area contributed by atoms with E-state index in [4.69, 9.17) is 0 Å². The lowest BCUT2D eigenvalue weighted by Gasteiger charge is -2.32. The van der Waals surface area contributed by atoms with Crippen molar-refractivity contribution in [2.24, 2.45) is 5.92 Å². The van der Waals surface area contributed by atoms with Gasteiger partial charge < -0.3 is 9.47 Å². The minimum absolute atomic E-state index is 0.602. The van der Waals surface area contributed by atoms with Crippen LogP contribution in [0.25, 0.3) is 0 Å². The third-order valence-electron chi connectivity index (χ3n) is 4.53. The molecule has 3 heterocycles. The molecule has 0 saturated carbocycles. The Kier molecular flexibility index (Phi) is 3.37. The van der Waals surface area contributed by atoms with Crippen LogP contribution in [-0.4, -0.2) is 39.3 Å². The standard InChI is InChI=1S/C14H24N4/c1-3-17-8-4-5-12(10-17)14-16-15-13-7-6-11(2)9-18(13)14/h11-12H,3-10H2,1-2H3. The highest BCUT2D eigenvalue weighted by atomic mass is 15.3. The molecule has 0 amide bonds. The molecule has 1 fully saturated rings. The molecule has 0 radical (unpaired) electrons. The van der Waals surface area contributed by atoms with Crippen molar-refractivity contribution < 1.29 is 0 Å². The summed E-state index contributed by atoms with van der Waals surface area (Å²) in [4.78, 5) is 2.54. The Balaban J connectivity index is 1.82. The second-order valence-electron chi connectivity index (χ2n) is 5.96. The van der Waals surface area contributed by atoms with Crippen LogP contribution >= 0.6 is 0 Å². The fourth-order valence-corrected chi connectivity index (χ4v) is 3.37. The summed E-state index contributed by atoms with van der Waals surface area (Å²) in [6.45, 7) is 9.30. The summed E-state index contributed by atoms with van der Waals surface area (Å²) < 4.78 is 2.41. The van der Waals surface area contributed by atoms with Gasteiger partial charge in [0, 0.05) is 25.4 Å². The zero-order chi connectivity index (χ0) is 12.5. The molecule has 2 atom stereocenters. The number of hydrogen-bond donors (Lipinski definition) is 0. The highest BCUT2D eigenvalue weighted by molar-refractivity contribution is 5.06. The molecule has 2 aliphatic rings. The van der Waals surface area contributed by atoms with E-state index in [9.17, 15) is 0 Å². The Morgan fingerprint density at radius 3 is 2.94 bits per heavy atom. The summed E-state index contributed by atoms with van der Waals surface area (Å²) >= 11 is 0. The molecule has 4 nitrogen and oxygen atoms in total. The molecule has 0 aromatic carbocycles.